The van der Waals surface area contributed by atoms with Gasteiger partial charge in [-0.3, -0.25) is 4.79 Å². The van der Waals surface area contributed by atoms with E-state index in [1.54, 1.807) is 11.1 Å². The van der Waals surface area contributed by atoms with Crippen molar-refractivity contribution in [1.82, 2.24) is 4.90 Å². The zero-order valence-electron chi connectivity index (χ0n) is 17.9. The van der Waals surface area contributed by atoms with Crippen LogP contribution in [0.15, 0.2) is 38.1 Å². The third-order valence-corrected chi connectivity index (χ3v) is 3.67. The molecular formula is C22H37NO6. The van der Waals surface area contributed by atoms with E-state index in [0.29, 0.717) is 13.0 Å². The van der Waals surface area contributed by atoms with Crippen molar-refractivity contribution in [3.8, 4) is 0 Å². The first-order valence-corrected chi connectivity index (χ1v) is 9.93. The van der Waals surface area contributed by atoms with Gasteiger partial charge in [0.1, 0.15) is 6.61 Å². The molecule has 0 aromatic carbocycles. The summed E-state index contributed by atoms with van der Waals surface area (Å²) in [6.45, 7) is 15.7. The predicted molar refractivity (Wildman–Crippen MR) is 114 cm³/mol. The molecule has 1 N–H and O–H groups in total. The molecule has 29 heavy (non-hydrogen) atoms. The Morgan fingerprint density at radius 3 is 2.03 bits per heavy atom. The topological polar surface area (TPSA) is 93.1 Å². The molecule has 0 aliphatic carbocycles. The summed E-state index contributed by atoms with van der Waals surface area (Å²) in [6.07, 6.45) is 10.1. The number of nitrogens with zero attached hydrogens (tertiary/aromatic N) is 1. The summed E-state index contributed by atoms with van der Waals surface area (Å²) >= 11 is 0. The largest absolute Gasteiger partial charge is 0.463 e. The fourth-order valence-corrected chi connectivity index (χ4v) is 2.13. The molecule has 1 aliphatic rings. The Bertz CT molecular complexity index is 502. The van der Waals surface area contributed by atoms with Crippen molar-refractivity contribution in [2.45, 2.75) is 52.4 Å². The van der Waals surface area contributed by atoms with Crippen LogP contribution in [0.1, 0.15) is 52.4 Å². The number of ether oxygens (including phenoxy) is 2. The van der Waals surface area contributed by atoms with Crippen molar-refractivity contribution in [1.29, 1.82) is 0 Å². The zero-order chi connectivity index (χ0) is 22.5. The van der Waals surface area contributed by atoms with Crippen LogP contribution in [0.4, 0.5) is 0 Å². The maximum absolute atomic E-state index is 10.7. The number of hydrogen-bond acceptors (Lipinski definition) is 6. The van der Waals surface area contributed by atoms with E-state index in [-0.39, 0.29) is 25.1 Å². The number of rotatable bonds is 11. The van der Waals surface area contributed by atoms with E-state index in [1.165, 1.54) is 18.9 Å². The molecule has 0 atom stereocenters. The summed E-state index contributed by atoms with van der Waals surface area (Å²) in [7, 11) is 0. The maximum atomic E-state index is 10.7. The minimum atomic E-state index is -0.501. The first-order chi connectivity index (χ1) is 13.8. The number of esters is 2. The number of hydrogen-bond donors (Lipinski definition) is 1. The van der Waals surface area contributed by atoms with Gasteiger partial charge >= 0.3 is 11.9 Å². The van der Waals surface area contributed by atoms with Gasteiger partial charge in [-0.05, 0) is 25.0 Å². The lowest BCUT2D eigenvalue weighted by Gasteiger charge is -2.05. The molecular weight excluding hydrogens is 374 g/mol. The van der Waals surface area contributed by atoms with Crippen molar-refractivity contribution in [2.24, 2.45) is 5.92 Å². The van der Waals surface area contributed by atoms with Gasteiger partial charge in [0.15, 0.2) is 0 Å². The smallest absolute Gasteiger partial charge is 0.330 e. The minimum absolute atomic E-state index is 0.0465. The van der Waals surface area contributed by atoms with Gasteiger partial charge in [-0.1, -0.05) is 52.8 Å². The van der Waals surface area contributed by atoms with E-state index >= 15 is 0 Å². The quantitative estimate of drug-likeness (QED) is 0.318. The third-order valence-electron chi connectivity index (χ3n) is 3.67. The monoisotopic (exact) mass is 411 g/mol. The molecule has 166 valence electrons. The van der Waals surface area contributed by atoms with Gasteiger partial charge in [0.05, 0.1) is 13.2 Å². The highest BCUT2D eigenvalue weighted by atomic mass is 16.5. The average Bonchev–Trinajstić information content (AvgIpc) is 3.14. The van der Waals surface area contributed by atoms with Crippen LogP contribution >= 0.6 is 0 Å². The molecule has 0 saturated carbocycles. The van der Waals surface area contributed by atoms with Crippen molar-refractivity contribution in [3.63, 3.8) is 0 Å². The first-order valence-electron chi connectivity index (χ1n) is 9.93. The van der Waals surface area contributed by atoms with Gasteiger partial charge in [0.2, 0.25) is 5.91 Å². The van der Waals surface area contributed by atoms with E-state index in [1.807, 2.05) is 0 Å². The van der Waals surface area contributed by atoms with E-state index in [0.717, 1.165) is 37.8 Å². The van der Waals surface area contributed by atoms with Gasteiger partial charge in [-0.25, -0.2) is 9.59 Å². The van der Waals surface area contributed by atoms with Crippen molar-refractivity contribution >= 4 is 17.8 Å². The Kier molecular flexibility index (Phi) is 20.2. The van der Waals surface area contributed by atoms with Crippen LogP contribution in [0, 0.1) is 5.92 Å². The second kappa shape index (κ2) is 20.3. The standard InChI is InChI=1S/C11H20O2.C6H9NO.C5H8O3/c1-4-11(12)13-9-7-5-6-8-10(2)3;1-2-7-5-3-4-6(7)8;1-2-5(7)8-4-3-6/h4,10H,1,5-9H2,2-3H3;2H,1,3-5H2;2,6H,1,3-4H2. The number of carbonyl (C=O) groups is 3. The maximum Gasteiger partial charge on any atom is 0.330 e. The van der Waals surface area contributed by atoms with E-state index in [4.69, 9.17) is 9.84 Å². The number of likely N-dealkylation sites (tertiary alicyclic amines) is 1. The average molecular weight is 412 g/mol. The molecule has 0 unspecified atom stereocenters. The fraction of sp³-hybridized carbons (Fsp3) is 0.591. The number of carbonyl (C=O) groups excluding carboxylic acids is 3. The fourth-order valence-electron chi connectivity index (χ4n) is 2.13. The lowest BCUT2D eigenvalue weighted by Crippen LogP contribution is -2.16. The van der Waals surface area contributed by atoms with Crippen molar-refractivity contribution < 1.29 is 29.0 Å². The third kappa shape index (κ3) is 20.1. The predicted octanol–water partition coefficient (Wildman–Crippen LogP) is 3.39. The molecule has 0 bridgehead atoms. The SMILES string of the molecule is C=CC(=O)OCCCCCC(C)C.C=CC(=O)OCCO.C=CN1CCCC1=O. The Labute approximate surface area is 175 Å². The highest BCUT2D eigenvalue weighted by molar-refractivity contribution is 5.81. The Hall–Kier alpha value is -2.41. The highest BCUT2D eigenvalue weighted by Crippen LogP contribution is 2.08. The Balaban J connectivity index is 0. The van der Waals surface area contributed by atoms with Gasteiger partial charge in [-0.2, -0.15) is 0 Å². The number of aliphatic hydroxyl groups is 1. The van der Waals surface area contributed by atoms with Gasteiger partial charge in [0.25, 0.3) is 0 Å². The van der Waals surface area contributed by atoms with E-state index in [2.05, 4.69) is 38.3 Å². The molecule has 0 spiro atoms. The zero-order valence-corrected chi connectivity index (χ0v) is 17.9. The molecule has 7 heteroatoms. The van der Waals surface area contributed by atoms with Crippen LogP contribution in [0.2, 0.25) is 0 Å². The van der Waals surface area contributed by atoms with Gasteiger partial charge in [-0.15, -0.1) is 0 Å². The molecule has 0 radical (unpaired) electrons. The van der Waals surface area contributed by atoms with Gasteiger partial charge < -0.3 is 19.5 Å². The minimum Gasteiger partial charge on any atom is -0.463 e. The normalized spacial score (nSPS) is 12.1. The summed E-state index contributed by atoms with van der Waals surface area (Å²) in [5.41, 5.74) is 0. The van der Waals surface area contributed by atoms with Crippen LogP contribution in [-0.2, 0) is 23.9 Å². The summed E-state index contributed by atoms with van der Waals surface area (Å²) in [4.78, 5) is 33.0. The first kappa shape index (κ1) is 28.8. The molecule has 1 fully saturated rings. The van der Waals surface area contributed by atoms with E-state index in [9.17, 15) is 14.4 Å². The van der Waals surface area contributed by atoms with E-state index < -0.39 is 5.97 Å². The van der Waals surface area contributed by atoms with Crippen LogP contribution in [-0.4, -0.2) is 54.2 Å². The number of unbranched alkanes of at least 4 members (excludes halogenated alkanes) is 2. The van der Waals surface area contributed by atoms with Crippen molar-refractivity contribution in [2.75, 3.05) is 26.4 Å². The lowest BCUT2D eigenvalue weighted by atomic mass is 10.1. The van der Waals surface area contributed by atoms with Crippen LogP contribution in [0.25, 0.3) is 0 Å². The number of aliphatic hydroxyl groups excluding tert-OH is 1. The molecule has 0 aromatic rings. The highest BCUT2D eigenvalue weighted by Gasteiger charge is 2.16. The molecule has 1 heterocycles. The molecule has 0 aromatic heterocycles. The molecule has 1 rings (SSSR count). The summed E-state index contributed by atoms with van der Waals surface area (Å²) < 4.78 is 9.17. The second-order valence-corrected chi connectivity index (χ2v) is 6.58. The summed E-state index contributed by atoms with van der Waals surface area (Å²) in [5.74, 6) is 0.165. The molecule has 1 saturated heterocycles. The second-order valence-electron chi connectivity index (χ2n) is 6.58. The van der Waals surface area contributed by atoms with Crippen LogP contribution in [0.5, 0.6) is 0 Å². The lowest BCUT2D eigenvalue weighted by molar-refractivity contribution is -0.139. The molecule has 7 nitrogen and oxygen atoms in total. The van der Waals surface area contributed by atoms with Gasteiger partial charge in [0, 0.05) is 25.1 Å². The number of amides is 1. The Morgan fingerprint density at radius 1 is 1.07 bits per heavy atom. The summed E-state index contributed by atoms with van der Waals surface area (Å²) in [5, 5.41) is 8.10. The molecule has 1 amide bonds. The Morgan fingerprint density at radius 2 is 1.66 bits per heavy atom. The van der Waals surface area contributed by atoms with Crippen LogP contribution in [0.3, 0.4) is 0 Å². The van der Waals surface area contributed by atoms with Crippen LogP contribution < -0.4 is 0 Å². The summed E-state index contributed by atoms with van der Waals surface area (Å²) in [6, 6.07) is 0. The van der Waals surface area contributed by atoms with Crippen molar-refractivity contribution in [3.05, 3.63) is 38.1 Å². The molecule has 1 aliphatic heterocycles.